The maximum absolute atomic E-state index is 12.9. The number of aromatic nitrogens is 3. The zero-order valence-corrected chi connectivity index (χ0v) is 24.1. The van der Waals surface area contributed by atoms with Gasteiger partial charge in [-0.15, -0.1) is 16.8 Å². The van der Waals surface area contributed by atoms with Crippen LogP contribution in [-0.4, -0.2) is 38.6 Å². The van der Waals surface area contributed by atoms with Gasteiger partial charge in [0.25, 0.3) is 5.91 Å². The van der Waals surface area contributed by atoms with Crippen molar-refractivity contribution in [1.82, 2.24) is 20.1 Å². The van der Waals surface area contributed by atoms with Crippen LogP contribution in [0.25, 0.3) is 6.20 Å². The highest BCUT2D eigenvalue weighted by molar-refractivity contribution is 7.99. The Bertz CT molecular complexity index is 944. The third kappa shape index (κ3) is 13.9. The summed E-state index contributed by atoms with van der Waals surface area (Å²) >= 11 is 1.38. The molecule has 0 aliphatic carbocycles. The van der Waals surface area contributed by atoms with E-state index in [9.17, 15) is 18.0 Å². The van der Waals surface area contributed by atoms with Gasteiger partial charge < -0.3 is 5.32 Å². The fourth-order valence-corrected chi connectivity index (χ4v) is 3.87. The van der Waals surface area contributed by atoms with Crippen molar-refractivity contribution in [1.29, 1.82) is 0 Å². The third-order valence-corrected chi connectivity index (χ3v) is 5.82. The monoisotopic (exact) mass is 540 g/mol. The first kappa shape index (κ1) is 36.3. The number of amides is 1. The standard InChI is InChI=1S/C24H31F3N4OS.2C2H6/c1-7-11-13-19(17(5)9-3)16-33-23-30-29-21(31(23)10-4)22(32)28-20(14-12-8-2)18(6)15-24(25,26)27;2*1-2/h7-8,10-11,13,15,20H,1-2,4,9,12,14,16H2,3,5-6H3,(H,28,32);2*1-2H3/b13-11-,18-15+,19-17+;;. The van der Waals surface area contributed by atoms with Crippen LogP contribution in [-0.2, 0) is 0 Å². The predicted octanol–water partition coefficient (Wildman–Crippen LogP) is 8.57. The van der Waals surface area contributed by atoms with Gasteiger partial charge in [-0.3, -0.25) is 9.36 Å². The summed E-state index contributed by atoms with van der Waals surface area (Å²) in [5.74, 6) is -0.0897. The van der Waals surface area contributed by atoms with Crippen molar-refractivity contribution >= 4 is 23.9 Å². The molecule has 37 heavy (non-hydrogen) atoms. The summed E-state index contributed by atoms with van der Waals surface area (Å²) in [5, 5.41) is 11.1. The summed E-state index contributed by atoms with van der Waals surface area (Å²) in [6.07, 6.45) is 5.83. The van der Waals surface area contributed by atoms with E-state index in [1.807, 2.05) is 46.8 Å². The van der Waals surface area contributed by atoms with Gasteiger partial charge in [0.1, 0.15) is 0 Å². The quantitative estimate of drug-likeness (QED) is 0.155. The van der Waals surface area contributed by atoms with Crippen LogP contribution < -0.4 is 5.32 Å². The van der Waals surface area contributed by atoms with Crippen molar-refractivity contribution in [2.24, 2.45) is 0 Å². The van der Waals surface area contributed by atoms with E-state index < -0.39 is 18.1 Å². The van der Waals surface area contributed by atoms with Gasteiger partial charge in [-0.2, -0.15) is 13.2 Å². The summed E-state index contributed by atoms with van der Waals surface area (Å²) in [7, 11) is 0. The van der Waals surface area contributed by atoms with Crippen molar-refractivity contribution in [3.63, 3.8) is 0 Å². The van der Waals surface area contributed by atoms with Crippen LogP contribution in [0.2, 0.25) is 0 Å². The number of thioether (sulfide) groups is 1. The number of rotatable bonds is 13. The van der Waals surface area contributed by atoms with Gasteiger partial charge in [0, 0.05) is 18.0 Å². The van der Waals surface area contributed by atoms with E-state index in [1.54, 1.807) is 12.2 Å². The summed E-state index contributed by atoms with van der Waals surface area (Å²) in [5.41, 5.74) is 2.31. The molecule has 1 rings (SSSR count). The van der Waals surface area contributed by atoms with Crippen LogP contribution in [0.1, 0.15) is 78.3 Å². The number of halogens is 3. The minimum absolute atomic E-state index is 0.00390. The molecular formula is C28H43F3N4OS. The van der Waals surface area contributed by atoms with Crippen molar-refractivity contribution in [2.45, 2.75) is 85.1 Å². The number of carbonyl (C=O) groups is 1. The smallest absolute Gasteiger partial charge is 0.343 e. The lowest BCUT2D eigenvalue weighted by atomic mass is 10.0. The fraction of sp³-hybridized carbons (Fsp3) is 0.464. The molecule has 208 valence electrons. The first-order chi connectivity index (χ1) is 17.6. The Hall–Kier alpha value is -2.81. The molecule has 1 unspecified atom stereocenters. The van der Waals surface area contributed by atoms with E-state index in [0.29, 0.717) is 17.3 Å². The van der Waals surface area contributed by atoms with E-state index in [-0.39, 0.29) is 23.9 Å². The lowest BCUT2D eigenvalue weighted by Crippen LogP contribution is -2.37. The van der Waals surface area contributed by atoms with Crippen LogP contribution in [0.4, 0.5) is 13.2 Å². The lowest BCUT2D eigenvalue weighted by molar-refractivity contribution is -0.0807. The number of nitrogens with one attached hydrogen (secondary N) is 1. The topological polar surface area (TPSA) is 59.8 Å². The number of carbonyl (C=O) groups excluding carboxylic acids is 1. The summed E-state index contributed by atoms with van der Waals surface area (Å²) < 4.78 is 39.9. The largest absolute Gasteiger partial charge is 0.409 e. The zero-order chi connectivity index (χ0) is 29.0. The average molecular weight is 541 g/mol. The van der Waals surface area contributed by atoms with Gasteiger partial charge in [-0.25, -0.2) is 0 Å². The number of nitrogens with zero attached hydrogens (tertiary/aromatic N) is 3. The van der Waals surface area contributed by atoms with Crippen molar-refractivity contribution in [3.8, 4) is 0 Å². The van der Waals surface area contributed by atoms with Gasteiger partial charge in [0.2, 0.25) is 5.82 Å². The summed E-state index contributed by atoms with van der Waals surface area (Å²) in [6, 6.07) is -0.825. The van der Waals surface area contributed by atoms with Crippen molar-refractivity contribution < 1.29 is 18.0 Å². The highest BCUT2D eigenvalue weighted by Crippen LogP contribution is 2.24. The van der Waals surface area contributed by atoms with Crippen LogP contribution >= 0.6 is 11.8 Å². The third-order valence-electron chi connectivity index (χ3n) is 4.82. The Labute approximate surface area is 225 Å². The molecule has 0 saturated carbocycles. The molecule has 1 N–H and O–H groups in total. The van der Waals surface area contributed by atoms with E-state index in [0.717, 1.165) is 12.0 Å². The Balaban J connectivity index is 0. The van der Waals surface area contributed by atoms with E-state index >= 15 is 0 Å². The maximum Gasteiger partial charge on any atom is 0.409 e. The Morgan fingerprint density at radius 2 is 1.76 bits per heavy atom. The van der Waals surface area contributed by atoms with E-state index in [2.05, 4.69) is 42.2 Å². The molecule has 1 aromatic rings. The summed E-state index contributed by atoms with van der Waals surface area (Å²) in [4.78, 5) is 12.9. The first-order valence-corrected chi connectivity index (χ1v) is 13.4. The van der Waals surface area contributed by atoms with Crippen LogP contribution in [0, 0.1) is 0 Å². The highest BCUT2D eigenvalue weighted by Gasteiger charge is 2.27. The first-order valence-electron chi connectivity index (χ1n) is 12.4. The van der Waals surface area contributed by atoms with Gasteiger partial charge in [0.05, 0.1) is 6.04 Å². The second-order valence-corrected chi connectivity index (χ2v) is 8.17. The number of hydrogen-bond donors (Lipinski definition) is 1. The molecule has 1 aromatic heterocycles. The maximum atomic E-state index is 12.9. The van der Waals surface area contributed by atoms with Gasteiger partial charge in [-0.05, 0) is 44.3 Å². The van der Waals surface area contributed by atoms with E-state index in [1.165, 1.54) is 35.0 Å². The Kier molecular flexibility index (Phi) is 19.9. The predicted molar refractivity (Wildman–Crippen MR) is 153 cm³/mol. The van der Waals surface area contributed by atoms with Crippen LogP contribution in [0.3, 0.4) is 0 Å². The molecule has 0 radical (unpaired) electrons. The second-order valence-electron chi connectivity index (χ2n) is 7.22. The molecule has 1 amide bonds. The summed E-state index contributed by atoms with van der Waals surface area (Å²) in [6.45, 7) is 24.4. The highest BCUT2D eigenvalue weighted by atomic mass is 32.2. The SMILES string of the molecule is C=C/C=C\C(CSc1nnc(C(=O)NC(CCC=C)/C(C)=C/C(F)(F)F)n1C=C)=C(\C)CC.CC.CC. The molecular weight excluding hydrogens is 497 g/mol. The minimum atomic E-state index is -4.48. The van der Waals surface area contributed by atoms with Gasteiger partial charge in [-0.1, -0.05) is 89.4 Å². The number of alkyl halides is 3. The molecule has 1 atom stereocenters. The molecule has 0 aliphatic heterocycles. The fourth-order valence-electron chi connectivity index (χ4n) is 2.84. The molecule has 0 bridgehead atoms. The van der Waals surface area contributed by atoms with Gasteiger partial charge >= 0.3 is 6.18 Å². The molecule has 0 aliphatic rings. The van der Waals surface area contributed by atoms with Crippen molar-refractivity contribution in [3.05, 3.63) is 72.7 Å². The molecule has 0 saturated heterocycles. The molecule has 0 spiro atoms. The minimum Gasteiger partial charge on any atom is -0.343 e. The van der Waals surface area contributed by atoms with Crippen molar-refractivity contribution in [2.75, 3.05) is 5.75 Å². The molecule has 5 nitrogen and oxygen atoms in total. The van der Waals surface area contributed by atoms with Crippen LogP contribution in [0.15, 0.2) is 72.0 Å². The lowest BCUT2D eigenvalue weighted by Gasteiger charge is -2.19. The number of hydrogen-bond acceptors (Lipinski definition) is 4. The average Bonchev–Trinajstić information content (AvgIpc) is 3.30. The molecule has 1 heterocycles. The molecule has 0 aromatic carbocycles. The van der Waals surface area contributed by atoms with E-state index in [4.69, 9.17) is 0 Å². The molecule has 0 fully saturated rings. The van der Waals surface area contributed by atoms with Gasteiger partial charge in [0.15, 0.2) is 5.16 Å². The zero-order valence-electron chi connectivity index (χ0n) is 23.3. The Morgan fingerprint density at radius 3 is 2.24 bits per heavy atom. The van der Waals surface area contributed by atoms with Crippen LogP contribution in [0.5, 0.6) is 0 Å². The molecule has 9 heteroatoms. The Morgan fingerprint density at radius 1 is 1.14 bits per heavy atom. The number of allylic oxidation sites excluding steroid dienone is 6. The second kappa shape index (κ2) is 20.3. The normalized spacial score (nSPS) is 12.9.